The van der Waals surface area contributed by atoms with Gasteiger partial charge >= 0.3 is 6.61 Å². The lowest BCUT2D eigenvalue weighted by atomic mass is 10.0. The van der Waals surface area contributed by atoms with Crippen LogP contribution in [0.2, 0.25) is 0 Å². The van der Waals surface area contributed by atoms with Crippen LogP contribution in [-0.4, -0.2) is 16.2 Å². The number of anilines is 2. The van der Waals surface area contributed by atoms with E-state index >= 15 is 0 Å². The van der Waals surface area contributed by atoms with Gasteiger partial charge in [0.1, 0.15) is 11.6 Å². The lowest BCUT2D eigenvalue weighted by Gasteiger charge is -2.21. The molecule has 8 heteroatoms. The average molecular weight is 415 g/mol. The first kappa shape index (κ1) is 20.0. The summed E-state index contributed by atoms with van der Waals surface area (Å²) in [6, 6.07) is 12.3. The van der Waals surface area contributed by atoms with Gasteiger partial charge in [-0.05, 0) is 60.7 Å². The van der Waals surface area contributed by atoms with Gasteiger partial charge in [0.05, 0.1) is 6.04 Å². The number of aromatic nitrogens is 2. The normalized spacial score (nSPS) is 15.3. The molecule has 1 aliphatic heterocycles. The van der Waals surface area contributed by atoms with Gasteiger partial charge < -0.3 is 14.6 Å². The molecular formula is C22H20F3N3O2. The lowest BCUT2D eigenvalue weighted by Crippen LogP contribution is -2.19. The van der Waals surface area contributed by atoms with Gasteiger partial charge in [0, 0.05) is 17.4 Å². The fraction of sp³-hybridized carbons (Fsp3) is 0.273. The standard InChI is InChI=1S/C22H20F3N3O2/c1-2-13-11-17(30-21(24)25)8-9-18(13)26-22-27-20(29)12-16-7-10-19(28(16)22)14-3-5-15(23)6-4-14/h3-6,8-9,11-12,19,21H,2,7,10H2,1H3,(H,26,27,29). The molecule has 0 saturated carbocycles. The van der Waals surface area contributed by atoms with Crippen molar-refractivity contribution < 1.29 is 17.9 Å². The molecule has 0 spiro atoms. The summed E-state index contributed by atoms with van der Waals surface area (Å²) in [4.78, 5) is 16.3. The van der Waals surface area contributed by atoms with Crippen LogP contribution in [0.5, 0.6) is 5.75 Å². The molecular weight excluding hydrogens is 395 g/mol. The van der Waals surface area contributed by atoms with Gasteiger partial charge in [-0.3, -0.25) is 4.79 Å². The molecule has 1 N–H and O–H groups in total. The van der Waals surface area contributed by atoms with Crippen molar-refractivity contribution >= 4 is 11.6 Å². The highest BCUT2D eigenvalue weighted by Gasteiger charge is 2.27. The van der Waals surface area contributed by atoms with E-state index in [1.807, 2.05) is 11.5 Å². The second-order valence-corrected chi connectivity index (χ2v) is 7.06. The van der Waals surface area contributed by atoms with Gasteiger partial charge in [-0.15, -0.1) is 0 Å². The molecule has 30 heavy (non-hydrogen) atoms. The van der Waals surface area contributed by atoms with Gasteiger partial charge in [-0.2, -0.15) is 13.8 Å². The summed E-state index contributed by atoms with van der Waals surface area (Å²) < 4.78 is 44.8. The fourth-order valence-corrected chi connectivity index (χ4v) is 3.86. The van der Waals surface area contributed by atoms with Gasteiger partial charge in [0.2, 0.25) is 5.95 Å². The summed E-state index contributed by atoms with van der Waals surface area (Å²) in [5, 5.41) is 3.19. The second-order valence-electron chi connectivity index (χ2n) is 7.06. The fourth-order valence-electron chi connectivity index (χ4n) is 3.86. The smallest absolute Gasteiger partial charge is 0.387 e. The quantitative estimate of drug-likeness (QED) is 0.627. The van der Waals surface area contributed by atoms with Gasteiger partial charge in [-0.25, -0.2) is 4.39 Å². The molecule has 0 bridgehead atoms. The number of alkyl halides is 2. The van der Waals surface area contributed by atoms with E-state index in [9.17, 15) is 18.0 Å². The van der Waals surface area contributed by atoms with E-state index in [1.54, 1.807) is 18.2 Å². The zero-order valence-corrected chi connectivity index (χ0v) is 16.2. The molecule has 4 rings (SSSR count). The van der Waals surface area contributed by atoms with E-state index in [1.165, 1.54) is 30.3 Å². The zero-order chi connectivity index (χ0) is 21.3. The summed E-state index contributed by atoms with van der Waals surface area (Å²) in [6.45, 7) is -1.01. The number of benzene rings is 2. The number of halogens is 3. The number of hydrogen-bond acceptors (Lipinski definition) is 4. The van der Waals surface area contributed by atoms with Crippen molar-refractivity contribution in [3.8, 4) is 5.75 Å². The van der Waals surface area contributed by atoms with Gasteiger partial charge in [-0.1, -0.05) is 19.1 Å². The molecule has 1 aliphatic rings. The number of ether oxygens (including phenoxy) is 1. The maximum atomic E-state index is 13.4. The van der Waals surface area contributed by atoms with Crippen LogP contribution in [0.1, 0.15) is 36.2 Å². The van der Waals surface area contributed by atoms with E-state index in [-0.39, 0.29) is 23.2 Å². The van der Waals surface area contributed by atoms with E-state index in [4.69, 9.17) is 0 Å². The third-order valence-corrected chi connectivity index (χ3v) is 5.21. The molecule has 0 amide bonds. The van der Waals surface area contributed by atoms with Crippen molar-refractivity contribution in [1.82, 2.24) is 9.55 Å². The van der Waals surface area contributed by atoms with Gasteiger partial charge in [0.25, 0.3) is 5.56 Å². The molecule has 5 nitrogen and oxygen atoms in total. The molecule has 156 valence electrons. The van der Waals surface area contributed by atoms with E-state index < -0.39 is 6.61 Å². The highest BCUT2D eigenvalue weighted by molar-refractivity contribution is 5.61. The molecule has 3 aromatic rings. The van der Waals surface area contributed by atoms with E-state index in [0.717, 1.165) is 23.2 Å². The Balaban J connectivity index is 1.72. The van der Waals surface area contributed by atoms with Crippen molar-refractivity contribution in [2.75, 3.05) is 5.32 Å². The van der Waals surface area contributed by atoms with Crippen LogP contribution < -0.4 is 15.6 Å². The summed E-state index contributed by atoms with van der Waals surface area (Å²) in [5.41, 5.74) is 2.79. The van der Waals surface area contributed by atoms with Crippen LogP contribution in [0.3, 0.4) is 0 Å². The summed E-state index contributed by atoms with van der Waals surface area (Å²) in [7, 11) is 0. The first-order valence-corrected chi connectivity index (χ1v) is 9.67. The minimum Gasteiger partial charge on any atom is -0.435 e. The maximum Gasteiger partial charge on any atom is 0.387 e. The Bertz CT molecular complexity index is 1110. The van der Waals surface area contributed by atoms with Crippen LogP contribution in [-0.2, 0) is 12.8 Å². The number of aryl methyl sites for hydroxylation is 2. The minimum absolute atomic E-state index is 0.0694. The predicted molar refractivity (Wildman–Crippen MR) is 107 cm³/mol. The Kier molecular flexibility index (Phi) is 5.48. The van der Waals surface area contributed by atoms with Crippen molar-refractivity contribution in [3.63, 3.8) is 0 Å². The number of rotatable bonds is 6. The number of hydrogen-bond donors (Lipinski definition) is 1. The van der Waals surface area contributed by atoms with Crippen LogP contribution in [0.15, 0.2) is 53.3 Å². The Morgan fingerprint density at radius 3 is 2.67 bits per heavy atom. The maximum absolute atomic E-state index is 13.4. The Morgan fingerprint density at radius 1 is 1.20 bits per heavy atom. The SMILES string of the molecule is CCc1cc(OC(F)F)ccc1Nc1nc(=O)cc2n1C(c1ccc(F)cc1)CC2. The number of nitrogens with zero attached hydrogens (tertiary/aromatic N) is 2. The summed E-state index contributed by atoms with van der Waals surface area (Å²) in [6.07, 6.45) is 2.01. The molecule has 0 aliphatic carbocycles. The zero-order valence-electron chi connectivity index (χ0n) is 16.2. The van der Waals surface area contributed by atoms with Crippen molar-refractivity contribution in [1.29, 1.82) is 0 Å². The average Bonchev–Trinajstić information content (AvgIpc) is 3.13. The molecule has 0 radical (unpaired) electrons. The highest BCUT2D eigenvalue weighted by atomic mass is 19.3. The van der Waals surface area contributed by atoms with Crippen LogP contribution in [0.25, 0.3) is 0 Å². The second kappa shape index (κ2) is 8.22. The molecule has 2 aromatic carbocycles. The molecule has 0 fully saturated rings. The summed E-state index contributed by atoms with van der Waals surface area (Å²) in [5.74, 6) is 0.119. The molecule has 1 aromatic heterocycles. The molecule has 1 unspecified atom stereocenters. The molecule has 1 atom stereocenters. The summed E-state index contributed by atoms with van der Waals surface area (Å²) >= 11 is 0. The first-order chi connectivity index (χ1) is 14.4. The van der Waals surface area contributed by atoms with Crippen LogP contribution >= 0.6 is 0 Å². The Morgan fingerprint density at radius 2 is 1.97 bits per heavy atom. The van der Waals surface area contributed by atoms with Crippen molar-refractivity contribution in [2.45, 2.75) is 38.8 Å². The number of nitrogens with one attached hydrogen (secondary N) is 1. The Hall–Kier alpha value is -3.29. The molecule has 0 saturated heterocycles. The molecule has 2 heterocycles. The highest BCUT2D eigenvalue weighted by Crippen LogP contribution is 2.35. The number of fused-ring (bicyclic) bond motifs is 1. The first-order valence-electron chi connectivity index (χ1n) is 9.67. The monoisotopic (exact) mass is 415 g/mol. The topological polar surface area (TPSA) is 56.1 Å². The largest absolute Gasteiger partial charge is 0.435 e. The van der Waals surface area contributed by atoms with E-state index in [2.05, 4.69) is 15.0 Å². The van der Waals surface area contributed by atoms with Crippen LogP contribution in [0.4, 0.5) is 24.8 Å². The van der Waals surface area contributed by atoms with Crippen molar-refractivity contribution in [2.24, 2.45) is 0 Å². The van der Waals surface area contributed by atoms with Gasteiger partial charge in [0.15, 0.2) is 0 Å². The minimum atomic E-state index is -2.90. The van der Waals surface area contributed by atoms with Crippen LogP contribution in [0, 0.1) is 5.82 Å². The lowest BCUT2D eigenvalue weighted by molar-refractivity contribution is -0.0498. The Labute approximate surface area is 171 Å². The third-order valence-electron chi connectivity index (χ3n) is 5.21. The van der Waals surface area contributed by atoms with Crippen molar-refractivity contribution in [3.05, 3.63) is 81.5 Å². The third kappa shape index (κ3) is 4.03. The van der Waals surface area contributed by atoms with E-state index in [0.29, 0.717) is 24.5 Å². The predicted octanol–water partition coefficient (Wildman–Crippen LogP) is 4.83.